The van der Waals surface area contributed by atoms with E-state index in [1.165, 1.54) is 0 Å². The minimum Gasteiger partial charge on any atom is -1.00 e. The molecule has 0 heterocycles. The van der Waals surface area contributed by atoms with Gasteiger partial charge in [-0.1, -0.05) is 0 Å². The maximum absolute atomic E-state index is 0. The monoisotopic (exact) mass is 409 g/mol. The molecule has 0 fully saturated rings. The molecule has 0 N–H and O–H groups in total. The molecule has 0 aromatic carbocycles. The summed E-state index contributed by atoms with van der Waals surface area (Å²) in [5.74, 6) is 0. The van der Waals surface area contributed by atoms with Crippen LogP contribution in [-0.2, 0) is 41.9 Å². The van der Waals surface area contributed by atoms with Crippen LogP contribution >= 0.6 is 0 Å². The standard InChI is InChI=1S/Ag.Bi.Mg.Zn.5H/q;;+2;;;;;2*-1. The Morgan fingerprint density at radius 1 is 1.25 bits per heavy atom. The van der Waals surface area contributed by atoms with Crippen LogP contribution in [0.1, 0.15) is 2.85 Å². The Labute approximate surface area is 92.4 Å². The molecule has 4 heavy (non-hydrogen) atoms. The van der Waals surface area contributed by atoms with Crippen molar-refractivity contribution in [3.63, 3.8) is 0 Å². The molecule has 0 saturated heterocycles. The van der Waals surface area contributed by atoms with Gasteiger partial charge in [0.1, 0.15) is 0 Å². The van der Waals surface area contributed by atoms with Crippen LogP contribution in [0.2, 0.25) is 0 Å². The first-order valence-corrected chi connectivity index (χ1v) is 0. The van der Waals surface area contributed by atoms with Crippen molar-refractivity contribution in [2.24, 2.45) is 0 Å². The smallest absolute Gasteiger partial charge is 1.00 e. The molecule has 0 bridgehead atoms. The van der Waals surface area contributed by atoms with E-state index < -0.39 is 0 Å². The second-order valence-electron chi connectivity index (χ2n) is 0. The van der Waals surface area contributed by atoms with E-state index >= 15 is 0 Å². The molecule has 0 spiro atoms. The van der Waals surface area contributed by atoms with Gasteiger partial charge in [-0.2, -0.15) is 0 Å². The largest absolute Gasteiger partial charge is 2.00 e. The van der Waals surface area contributed by atoms with Crippen molar-refractivity contribution >= 4 is 49.3 Å². The zero-order chi connectivity index (χ0) is 0. The van der Waals surface area contributed by atoms with Gasteiger partial charge in [-0.05, 0) is 0 Å². The molecule has 0 aromatic heterocycles. The summed E-state index contributed by atoms with van der Waals surface area (Å²) in [5, 5.41) is 0. The Morgan fingerprint density at radius 2 is 1.25 bits per heavy atom. The normalized spacial score (nSPS) is 0. The average molecular weight is 412 g/mol. The molecule has 4 heteroatoms. The first-order chi connectivity index (χ1) is 0. The van der Waals surface area contributed by atoms with Gasteiger partial charge in [-0.3, -0.25) is 0 Å². The predicted molar refractivity (Wildman–Crippen MR) is 17.9 cm³/mol. The van der Waals surface area contributed by atoms with Crippen LogP contribution in [0.5, 0.6) is 0 Å². The van der Waals surface area contributed by atoms with Crippen molar-refractivity contribution in [2.75, 3.05) is 0 Å². The van der Waals surface area contributed by atoms with E-state index in [9.17, 15) is 0 Å². The Hall–Kier alpha value is 3.01. The van der Waals surface area contributed by atoms with Crippen LogP contribution in [0.3, 0.4) is 0 Å². The summed E-state index contributed by atoms with van der Waals surface area (Å²) >= 11 is 0. The van der Waals surface area contributed by atoms with Gasteiger partial charge in [0.25, 0.3) is 0 Å². The molecule has 0 saturated carbocycles. The fraction of sp³-hybridized carbons (Fsp3) is 0. The summed E-state index contributed by atoms with van der Waals surface area (Å²) in [6.07, 6.45) is 0. The molecule has 0 aliphatic heterocycles. The second kappa shape index (κ2) is 16.6. The topological polar surface area (TPSA) is 0 Å². The third kappa shape index (κ3) is 8.89. The second-order valence-corrected chi connectivity index (χ2v) is 0. The summed E-state index contributed by atoms with van der Waals surface area (Å²) in [4.78, 5) is 0. The molecule has 0 rings (SSSR count). The summed E-state index contributed by atoms with van der Waals surface area (Å²) in [6.45, 7) is 0. The molecule has 0 unspecified atom stereocenters. The minimum absolute atomic E-state index is 0. The molecule has 0 amide bonds. The van der Waals surface area contributed by atoms with Crippen LogP contribution < -0.4 is 0 Å². The molecule has 0 aliphatic rings. The minimum atomic E-state index is 0. The van der Waals surface area contributed by atoms with Gasteiger partial charge < -0.3 is 2.85 Å². The molecule has 0 aliphatic carbocycles. The van der Waals surface area contributed by atoms with Crippen LogP contribution in [0.4, 0.5) is 0 Å². The molecular weight excluding hydrogens is 407 g/mol. The van der Waals surface area contributed by atoms with Crippen molar-refractivity contribution < 1.29 is 44.7 Å². The number of hydrogen-bond donors (Lipinski definition) is 0. The van der Waals surface area contributed by atoms with Gasteiger partial charge >= 0.3 is 49.3 Å². The summed E-state index contributed by atoms with van der Waals surface area (Å²) < 4.78 is 0. The predicted octanol–water partition coefficient (Wildman–Crippen LogP) is -1.34. The summed E-state index contributed by atoms with van der Waals surface area (Å²) in [6, 6.07) is 0. The quantitative estimate of drug-likeness (QED) is 0.433. The Morgan fingerprint density at radius 3 is 1.25 bits per heavy atom. The van der Waals surface area contributed by atoms with E-state index in [0.717, 1.165) is 0 Å². The van der Waals surface area contributed by atoms with Crippen molar-refractivity contribution in [3.05, 3.63) is 0 Å². The molecule has 25 valence electrons. The molecule has 1 radical (unpaired) electrons. The zero-order valence-corrected chi connectivity index (χ0v) is 13.8. The van der Waals surface area contributed by atoms with Gasteiger partial charge in [0.2, 0.25) is 0 Å². The van der Waals surface area contributed by atoms with E-state index in [0.29, 0.717) is 0 Å². The van der Waals surface area contributed by atoms with Gasteiger partial charge in [-0.15, -0.1) is 0 Å². The van der Waals surface area contributed by atoms with Crippen molar-refractivity contribution in [2.45, 2.75) is 0 Å². The SMILES string of the molecule is [Ag].[BiH3].[H-].[H-].[Mg+2].[Zn]. The Bertz CT molecular complexity index is 13.5. The van der Waals surface area contributed by atoms with E-state index in [4.69, 9.17) is 0 Å². The fourth-order valence-corrected chi connectivity index (χ4v) is 0. The molecule has 0 aromatic rings. The van der Waals surface area contributed by atoms with Crippen molar-refractivity contribution in [1.82, 2.24) is 0 Å². The summed E-state index contributed by atoms with van der Waals surface area (Å²) in [5.41, 5.74) is 0. The third-order valence-corrected chi connectivity index (χ3v) is 0. The van der Waals surface area contributed by atoms with E-state index in [1.54, 1.807) is 0 Å². The van der Waals surface area contributed by atoms with Gasteiger partial charge in [0.15, 0.2) is 0 Å². The van der Waals surface area contributed by atoms with Gasteiger partial charge in [-0.25, -0.2) is 0 Å². The number of hydrogen-bond acceptors (Lipinski definition) is 0. The summed E-state index contributed by atoms with van der Waals surface area (Å²) in [7, 11) is 0. The van der Waals surface area contributed by atoms with Gasteiger partial charge in [0, 0.05) is 41.9 Å². The van der Waals surface area contributed by atoms with Crippen LogP contribution in [-0.4, -0.2) is 49.3 Å². The fourth-order valence-electron chi connectivity index (χ4n) is 0. The van der Waals surface area contributed by atoms with E-state index in [-0.39, 0.29) is 94.0 Å². The van der Waals surface area contributed by atoms with Crippen LogP contribution in [0, 0.1) is 0 Å². The Balaban J connectivity index is 0. The number of rotatable bonds is 0. The van der Waals surface area contributed by atoms with E-state index in [1.807, 2.05) is 0 Å². The maximum atomic E-state index is 0. The first kappa shape index (κ1) is 27.9. The zero-order valence-electron chi connectivity index (χ0n) is 4.42. The maximum Gasteiger partial charge on any atom is 2.00 e. The van der Waals surface area contributed by atoms with Crippen LogP contribution in [0.25, 0.3) is 0 Å². The average Bonchev–Trinajstić information content (AvgIpc) is 0. The molecule has 0 atom stereocenters. The van der Waals surface area contributed by atoms with Crippen molar-refractivity contribution in [3.8, 4) is 0 Å². The van der Waals surface area contributed by atoms with Gasteiger partial charge in [0.05, 0.1) is 0 Å². The van der Waals surface area contributed by atoms with E-state index in [2.05, 4.69) is 0 Å². The molecule has 0 nitrogen and oxygen atoms in total. The third-order valence-electron chi connectivity index (χ3n) is 0. The molecular formula is H5AgBiMgZn. The first-order valence-electron chi connectivity index (χ1n) is 0. The van der Waals surface area contributed by atoms with Crippen LogP contribution in [0.15, 0.2) is 0 Å². The van der Waals surface area contributed by atoms with Crippen molar-refractivity contribution in [1.29, 1.82) is 0 Å². The Kier molecular flexibility index (Phi) is 116.